The Hall–Kier alpha value is -1.41. The highest BCUT2D eigenvalue weighted by Gasteiger charge is 2.11. The van der Waals surface area contributed by atoms with Crippen molar-refractivity contribution < 1.29 is 0 Å². The maximum Gasteiger partial charge on any atom is 0.198 e. The maximum absolute atomic E-state index is 5.56. The molecule has 1 aromatic carbocycles. The Morgan fingerprint density at radius 1 is 1.24 bits per heavy atom. The predicted molar refractivity (Wildman–Crippen MR) is 109 cm³/mol. The molecule has 0 aliphatic carbocycles. The van der Waals surface area contributed by atoms with E-state index in [0.717, 1.165) is 23.6 Å². The van der Waals surface area contributed by atoms with Crippen LogP contribution in [0.3, 0.4) is 0 Å². The van der Waals surface area contributed by atoms with Gasteiger partial charge >= 0.3 is 0 Å². The number of thiophene rings is 1. The highest BCUT2D eigenvalue weighted by molar-refractivity contribution is 7.98. The minimum atomic E-state index is 0.682. The van der Waals surface area contributed by atoms with Crippen LogP contribution in [0.15, 0.2) is 46.7 Å². The normalized spacial score (nSPS) is 11.4. The molecular formula is C18H22N4S3. The summed E-state index contributed by atoms with van der Waals surface area (Å²) >= 11 is 9.08. The third-order valence-electron chi connectivity index (χ3n) is 4.03. The van der Waals surface area contributed by atoms with Crippen molar-refractivity contribution in [3.05, 3.63) is 62.8 Å². The number of hydrogen-bond donors (Lipinski definition) is 0. The van der Waals surface area contributed by atoms with Gasteiger partial charge in [0.25, 0.3) is 0 Å². The molecule has 0 amide bonds. The van der Waals surface area contributed by atoms with E-state index in [-0.39, 0.29) is 0 Å². The van der Waals surface area contributed by atoms with Crippen LogP contribution >= 0.6 is 35.3 Å². The fourth-order valence-electron chi connectivity index (χ4n) is 2.67. The molecule has 7 heteroatoms. The Balaban J connectivity index is 1.68. The van der Waals surface area contributed by atoms with Crippen molar-refractivity contribution in [1.82, 2.24) is 19.2 Å². The molecule has 0 radical (unpaired) electrons. The van der Waals surface area contributed by atoms with E-state index in [2.05, 4.69) is 60.0 Å². The molecule has 0 atom stereocenters. The summed E-state index contributed by atoms with van der Waals surface area (Å²) in [6, 6.07) is 12.9. The van der Waals surface area contributed by atoms with Gasteiger partial charge in [-0.2, -0.15) is 5.10 Å². The monoisotopic (exact) mass is 390 g/mol. The smallest absolute Gasteiger partial charge is 0.198 e. The summed E-state index contributed by atoms with van der Waals surface area (Å²) in [5, 5.41) is 6.82. The van der Waals surface area contributed by atoms with Gasteiger partial charge < -0.3 is 4.57 Å². The molecule has 132 valence electrons. The van der Waals surface area contributed by atoms with Crippen LogP contribution in [-0.2, 0) is 26.7 Å². The van der Waals surface area contributed by atoms with Crippen molar-refractivity contribution in [2.45, 2.75) is 24.5 Å². The summed E-state index contributed by atoms with van der Waals surface area (Å²) in [5.74, 6) is 1.00. The molecule has 0 aliphatic rings. The molecule has 4 nitrogen and oxygen atoms in total. The molecule has 2 aromatic heterocycles. The lowest BCUT2D eigenvalue weighted by atomic mass is 10.2. The Bertz CT molecular complexity index is 863. The Kier molecular flexibility index (Phi) is 6.11. The SMILES string of the molecule is CSc1ccc(CN(C)Cn2nc(Cc3cccs3)n(C)c2=S)cc1. The molecule has 0 N–H and O–H groups in total. The first kappa shape index (κ1) is 18.4. The topological polar surface area (TPSA) is 26.0 Å². The number of thioether (sulfide) groups is 1. The highest BCUT2D eigenvalue weighted by atomic mass is 32.2. The van der Waals surface area contributed by atoms with Gasteiger partial charge in [-0.1, -0.05) is 18.2 Å². The molecule has 0 aliphatic heterocycles. The standard InChI is InChI=1S/C18H22N4S3/c1-20(12-14-6-8-15(24-3)9-7-14)13-22-18(23)21(2)17(19-22)11-16-5-4-10-25-16/h4-10H,11-13H2,1-3H3. The lowest BCUT2D eigenvalue weighted by molar-refractivity contribution is 0.243. The van der Waals surface area contributed by atoms with Gasteiger partial charge in [-0.3, -0.25) is 4.90 Å². The van der Waals surface area contributed by atoms with Crippen LogP contribution in [0.2, 0.25) is 0 Å². The summed E-state index contributed by atoms with van der Waals surface area (Å²) < 4.78 is 4.68. The molecule has 0 spiro atoms. The van der Waals surface area contributed by atoms with Gasteiger partial charge in [0.2, 0.25) is 0 Å². The first-order chi connectivity index (χ1) is 12.1. The van der Waals surface area contributed by atoms with Gasteiger partial charge in [-0.25, -0.2) is 4.68 Å². The second kappa shape index (κ2) is 8.31. The number of benzene rings is 1. The molecule has 0 unspecified atom stereocenters. The van der Waals surface area contributed by atoms with E-state index in [9.17, 15) is 0 Å². The van der Waals surface area contributed by atoms with Gasteiger partial charge in [-0.15, -0.1) is 23.1 Å². The highest BCUT2D eigenvalue weighted by Crippen LogP contribution is 2.16. The van der Waals surface area contributed by atoms with E-state index in [1.165, 1.54) is 15.3 Å². The number of rotatable bonds is 7. The van der Waals surface area contributed by atoms with Crippen LogP contribution in [0.4, 0.5) is 0 Å². The average Bonchev–Trinajstić information content (AvgIpc) is 3.20. The van der Waals surface area contributed by atoms with Crippen LogP contribution in [0.25, 0.3) is 0 Å². The quantitative estimate of drug-likeness (QED) is 0.441. The van der Waals surface area contributed by atoms with Crippen LogP contribution in [0.1, 0.15) is 16.3 Å². The van der Waals surface area contributed by atoms with Gasteiger partial charge in [0.05, 0.1) is 6.67 Å². The van der Waals surface area contributed by atoms with E-state index in [1.54, 1.807) is 23.1 Å². The molecule has 3 rings (SSSR count). The van der Waals surface area contributed by atoms with Gasteiger partial charge in [0.15, 0.2) is 4.77 Å². The molecular weight excluding hydrogens is 368 g/mol. The third kappa shape index (κ3) is 4.61. The zero-order valence-electron chi connectivity index (χ0n) is 14.7. The van der Waals surface area contributed by atoms with Gasteiger partial charge in [0, 0.05) is 29.8 Å². The molecule has 0 fully saturated rings. The minimum absolute atomic E-state index is 0.682. The van der Waals surface area contributed by atoms with E-state index in [1.807, 2.05) is 16.3 Å². The van der Waals surface area contributed by atoms with Crippen molar-refractivity contribution in [2.75, 3.05) is 13.3 Å². The number of aromatic nitrogens is 3. The minimum Gasteiger partial charge on any atom is -0.307 e. The van der Waals surface area contributed by atoms with E-state index >= 15 is 0 Å². The zero-order valence-corrected chi connectivity index (χ0v) is 17.1. The van der Waals surface area contributed by atoms with E-state index < -0.39 is 0 Å². The first-order valence-electron chi connectivity index (χ1n) is 8.03. The van der Waals surface area contributed by atoms with Gasteiger partial charge in [-0.05, 0) is 54.7 Å². The Morgan fingerprint density at radius 2 is 2.00 bits per heavy atom. The van der Waals surface area contributed by atoms with Crippen molar-refractivity contribution in [3.8, 4) is 0 Å². The number of nitrogens with zero attached hydrogens (tertiary/aromatic N) is 4. The Morgan fingerprint density at radius 3 is 2.64 bits per heavy atom. The second-order valence-corrected chi connectivity index (χ2v) is 8.29. The molecule has 25 heavy (non-hydrogen) atoms. The average molecular weight is 391 g/mol. The summed E-state index contributed by atoms with van der Waals surface area (Å²) in [4.78, 5) is 4.82. The summed E-state index contributed by atoms with van der Waals surface area (Å²) in [6.45, 7) is 1.55. The van der Waals surface area contributed by atoms with Crippen LogP contribution in [0, 0.1) is 4.77 Å². The van der Waals surface area contributed by atoms with Crippen LogP contribution in [0.5, 0.6) is 0 Å². The third-order valence-corrected chi connectivity index (χ3v) is 6.13. The van der Waals surface area contributed by atoms with Crippen molar-refractivity contribution in [1.29, 1.82) is 0 Å². The summed E-state index contributed by atoms with van der Waals surface area (Å²) in [6.07, 6.45) is 2.92. The largest absolute Gasteiger partial charge is 0.307 e. The van der Waals surface area contributed by atoms with E-state index in [4.69, 9.17) is 17.3 Å². The van der Waals surface area contributed by atoms with Gasteiger partial charge in [0.1, 0.15) is 5.82 Å². The number of hydrogen-bond acceptors (Lipinski definition) is 5. The van der Waals surface area contributed by atoms with Crippen molar-refractivity contribution in [3.63, 3.8) is 0 Å². The van der Waals surface area contributed by atoms with E-state index in [0.29, 0.717) is 6.67 Å². The summed E-state index contributed by atoms with van der Waals surface area (Å²) in [5.41, 5.74) is 1.29. The first-order valence-corrected chi connectivity index (χ1v) is 10.5. The predicted octanol–water partition coefficient (Wildman–Crippen LogP) is 4.41. The zero-order chi connectivity index (χ0) is 17.8. The van der Waals surface area contributed by atoms with Crippen LogP contribution in [-0.4, -0.2) is 32.6 Å². The molecule has 0 saturated carbocycles. The lowest BCUT2D eigenvalue weighted by Gasteiger charge is -2.16. The van der Waals surface area contributed by atoms with Crippen molar-refractivity contribution in [2.24, 2.45) is 7.05 Å². The molecule has 2 heterocycles. The molecule has 0 saturated heterocycles. The lowest BCUT2D eigenvalue weighted by Crippen LogP contribution is -2.22. The second-order valence-electron chi connectivity index (χ2n) is 6.02. The van der Waals surface area contributed by atoms with Crippen LogP contribution < -0.4 is 0 Å². The fourth-order valence-corrected chi connectivity index (χ4v) is 3.98. The molecule has 0 bridgehead atoms. The Labute approximate surface area is 162 Å². The van der Waals surface area contributed by atoms with Crippen molar-refractivity contribution >= 4 is 35.3 Å². The maximum atomic E-state index is 5.56. The summed E-state index contributed by atoms with van der Waals surface area (Å²) in [7, 11) is 4.09. The molecule has 3 aromatic rings. The fraction of sp³-hybridized carbons (Fsp3) is 0.333.